The first-order chi connectivity index (χ1) is 9.72. The standard InChI is InChI=1S/C15H17NO4/c1-19-15(18)11-8-5-9-16(11)14(17)13-12(20-13)10-6-3-2-4-7-10/h2-4,6-7,11-13H,5,8-9H2,1H3/t11-,12+,13-/m1/s1. The van der Waals surface area contributed by atoms with Gasteiger partial charge in [0.1, 0.15) is 12.1 Å². The van der Waals surface area contributed by atoms with Crippen LogP contribution in [-0.4, -0.2) is 42.6 Å². The molecule has 0 saturated carbocycles. The van der Waals surface area contributed by atoms with Crippen LogP contribution in [0, 0.1) is 0 Å². The van der Waals surface area contributed by atoms with Gasteiger partial charge in [0.2, 0.25) is 0 Å². The molecule has 5 heteroatoms. The van der Waals surface area contributed by atoms with E-state index < -0.39 is 12.1 Å². The Hall–Kier alpha value is -1.88. The van der Waals surface area contributed by atoms with E-state index in [4.69, 9.17) is 9.47 Å². The number of likely N-dealkylation sites (tertiary alicyclic amines) is 1. The Bertz CT molecular complexity index is 516. The van der Waals surface area contributed by atoms with Gasteiger partial charge in [0, 0.05) is 6.54 Å². The highest BCUT2D eigenvalue weighted by Gasteiger charge is 2.50. The summed E-state index contributed by atoms with van der Waals surface area (Å²) in [6.07, 6.45) is 0.861. The van der Waals surface area contributed by atoms with Gasteiger partial charge in [-0.2, -0.15) is 0 Å². The van der Waals surface area contributed by atoms with E-state index >= 15 is 0 Å². The lowest BCUT2D eigenvalue weighted by Gasteiger charge is -2.21. The highest BCUT2D eigenvalue weighted by atomic mass is 16.6. The number of amides is 1. The monoisotopic (exact) mass is 275 g/mol. The van der Waals surface area contributed by atoms with Gasteiger partial charge in [-0.05, 0) is 18.4 Å². The van der Waals surface area contributed by atoms with E-state index in [1.54, 1.807) is 4.90 Å². The van der Waals surface area contributed by atoms with Crippen LogP contribution in [0.5, 0.6) is 0 Å². The van der Waals surface area contributed by atoms with Gasteiger partial charge in [0.05, 0.1) is 7.11 Å². The van der Waals surface area contributed by atoms with Crippen molar-refractivity contribution < 1.29 is 19.1 Å². The molecule has 2 aliphatic rings. The van der Waals surface area contributed by atoms with Gasteiger partial charge in [-0.1, -0.05) is 30.3 Å². The summed E-state index contributed by atoms with van der Waals surface area (Å²) in [7, 11) is 1.35. The fourth-order valence-electron chi connectivity index (χ4n) is 2.77. The summed E-state index contributed by atoms with van der Waals surface area (Å²) < 4.78 is 10.2. The van der Waals surface area contributed by atoms with Crippen molar-refractivity contribution in [2.75, 3.05) is 13.7 Å². The first-order valence-corrected chi connectivity index (χ1v) is 6.81. The molecule has 2 heterocycles. The maximum atomic E-state index is 12.4. The molecule has 3 atom stereocenters. The summed E-state index contributed by atoms with van der Waals surface area (Å²) in [5.41, 5.74) is 1.000. The van der Waals surface area contributed by atoms with Crippen LogP contribution >= 0.6 is 0 Å². The third kappa shape index (κ3) is 2.29. The summed E-state index contributed by atoms with van der Waals surface area (Å²) in [6.45, 7) is 0.597. The average Bonchev–Trinajstić information content (AvgIpc) is 3.15. The van der Waals surface area contributed by atoms with E-state index in [-0.39, 0.29) is 18.0 Å². The molecule has 1 amide bonds. The third-order valence-corrected chi connectivity index (χ3v) is 3.87. The number of esters is 1. The Morgan fingerprint density at radius 2 is 2.05 bits per heavy atom. The van der Waals surface area contributed by atoms with Crippen LogP contribution in [-0.2, 0) is 19.1 Å². The zero-order valence-electron chi connectivity index (χ0n) is 11.3. The Balaban J connectivity index is 1.67. The molecule has 0 spiro atoms. The fraction of sp³-hybridized carbons (Fsp3) is 0.467. The van der Waals surface area contributed by atoms with Crippen molar-refractivity contribution in [3.8, 4) is 0 Å². The highest BCUT2D eigenvalue weighted by Crippen LogP contribution is 2.40. The van der Waals surface area contributed by atoms with E-state index in [1.165, 1.54) is 7.11 Å². The van der Waals surface area contributed by atoms with Gasteiger partial charge in [0.25, 0.3) is 5.91 Å². The van der Waals surface area contributed by atoms with Crippen LogP contribution in [0.25, 0.3) is 0 Å². The van der Waals surface area contributed by atoms with Crippen LogP contribution in [0.15, 0.2) is 30.3 Å². The van der Waals surface area contributed by atoms with E-state index in [1.807, 2.05) is 30.3 Å². The maximum absolute atomic E-state index is 12.4. The van der Waals surface area contributed by atoms with Crippen molar-refractivity contribution in [3.63, 3.8) is 0 Å². The van der Waals surface area contributed by atoms with Crippen LogP contribution in [0.3, 0.4) is 0 Å². The third-order valence-electron chi connectivity index (χ3n) is 3.87. The number of carbonyl (C=O) groups is 2. The van der Waals surface area contributed by atoms with Crippen LogP contribution in [0.4, 0.5) is 0 Å². The summed E-state index contributed by atoms with van der Waals surface area (Å²) in [4.78, 5) is 25.7. The van der Waals surface area contributed by atoms with Crippen LogP contribution < -0.4 is 0 Å². The number of methoxy groups -OCH3 is 1. The molecule has 2 saturated heterocycles. The van der Waals surface area contributed by atoms with Crippen molar-refractivity contribution in [2.24, 2.45) is 0 Å². The molecule has 1 aromatic carbocycles. The predicted molar refractivity (Wildman–Crippen MR) is 70.8 cm³/mol. The number of rotatable bonds is 3. The summed E-state index contributed by atoms with van der Waals surface area (Å²) >= 11 is 0. The second-order valence-corrected chi connectivity index (χ2v) is 5.10. The SMILES string of the molecule is COC(=O)[C@H]1CCCN1C(=O)[C@@H]1O[C@H]1c1ccccc1. The number of carbonyl (C=O) groups excluding carboxylic acids is 2. The van der Waals surface area contributed by atoms with Gasteiger partial charge in [-0.3, -0.25) is 4.79 Å². The Kier molecular flexibility index (Phi) is 3.44. The minimum absolute atomic E-state index is 0.105. The molecule has 3 rings (SSSR count). The lowest BCUT2D eigenvalue weighted by Crippen LogP contribution is -2.43. The smallest absolute Gasteiger partial charge is 0.328 e. The van der Waals surface area contributed by atoms with E-state index in [0.29, 0.717) is 13.0 Å². The first-order valence-electron chi connectivity index (χ1n) is 6.81. The number of epoxide rings is 1. The Morgan fingerprint density at radius 1 is 1.30 bits per heavy atom. The van der Waals surface area contributed by atoms with Crippen molar-refractivity contribution in [3.05, 3.63) is 35.9 Å². The fourth-order valence-corrected chi connectivity index (χ4v) is 2.77. The molecule has 0 radical (unpaired) electrons. The molecule has 1 aromatic rings. The zero-order chi connectivity index (χ0) is 14.1. The summed E-state index contributed by atoms with van der Waals surface area (Å²) in [5, 5.41) is 0. The van der Waals surface area contributed by atoms with Gasteiger partial charge in [-0.15, -0.1) is 0 Å². The molecule has 0 N–H and O–H groups in total. The number of benzene rings is 1. The lowest BCUT2D eigenvalue weighted by atomic mass is 10.1. The molecule has 0 unspecified atom stereocenters. The van der Waals surface area contributed by atoms with Gasteiger partial charge in [-0.25, -0.2) is 4.79 Å². The average molecular weight is 275 g/mol. The molecule has 0 bridgehead atoms. The molecular weight excluding hydrogens is 258 g/mol. The van der Waals surface area contributed by atoms with Crippen molar-refractivity contribution >= 4 is 11.9 Å². The summed E-state index contributed by atoms with van der Waals surface area (Å²) in [5.74, 6) is -0.445. The van der Waals surface area contributed by atoms with Crippen LogP contribution in [0.1, 0.15) is 24.5 Å². The van der Waals surface area contributed by atoms with E-state index in [9.17, 15) is 9.59 Å². The molecule has 0 aliphatic carbocycles. The molecule has 106 valence electrons. The topological polar surface area (TPSA) is 59.1 Å². The maximum Gasteiger partial charge on any atom is 0.328 e. The number of hydrogen-bond donors (Lipinski definition) is 0. The quantitative estimate of drug-likeness (QED) is 0.616. The predicted octanol–water partition coefficient (Wildman–Crippen LogP) is 1.29. The summed E-state index contributed by atoms with van der Waals surface area (Å²) in [6, 6.07) is 9.21. The van der Waals surface area contributed by atoms with E-state index in [0.717, 1.165) is 12.0 Å². The van der Waals surface area contributed by atoms with Crippen LogP contribution in [0.2, 0.25) is 0 Å². The lowest BCUT2D eigenvalue weighted by molar-refractivity contribution is -0.151. The normalized spacial score (nSPS) is 28.2. The van der Waals surface area contributed by atoms with Crippen molar-refractivity contribution in [1.82, 2.24) is 4.90 Å². The second-order valence-electron chi connectivity index (χ2n) is 5.10. The number of ether oxygens (including phenoxy) is 2. The van der Waals surface area contributed by atoms with Crippen molar-refractivity contribution in [2.45, 2.75) is 31.1 Å². The molecule has 2 fully saturated rings. The largest absolute Gasteiger partial charge is 0.467 e. The Morgan fingerprint density at radius 3 is 2.75 bits per heavy atom. The zero-order valence-corrected chi connectivity index (χ0v) is 11.3. The van der Waals surface area contributed by atoms with E-state index in [2.05, 4.69) is 0 Å². The minimum Gasteiger partial charge on any atom is -0.467 e. The van der Waals surface area contributed by atoms with Crippen molar-refractivity contribution in [1.29, 1.82) is 0 Å². The van der Waals surface area contributed by atoms with Gasteiger partial charge in [0.15, 0.2) is 6.10 Å². The van der Waals surface area contributed by atoms with Gasteiger partial charge < -0.3 is 14.4 Å². The molecule has 20 heavy (non-hydrogen) atoms. The van der Waals surface area contributed by atoms with Gasteiger partial charge >= 0.3 is 5.97 Å². The second kappa shape index (κ2) is 5.25. The number of nitrogens with zero attached hydrogens (tertiary/aromatic N) is 1. The Labute approximate surface area is 117 Å². The molecule has 5 nitrogen and oxygen atoms in total. The molecular formula is C15H17NO4. The minimum atomic E-state index is -0.456. The number of hydrogen-bond acceptors (Lipinski definition) is 4. The first kappa shape index (κ1) is 13.1. The molecule has 2 aliphatic heterocycles. The highest BCUT2D eigenvalue weighted by molar-refractivity contribution is 5.89. The molecule has 0 aromatic heterocycles.